The van der Waals surface area contributed by atoms with Gasteiger partial charge in [0, 0.05) is 37.6 Å². The number of piperidine rings is 1. The Hall–Kier alpha value is -1.72. The van der Waals surface area contributed by atoms with E-state index in [1.54, 1.807) is 12.3 Å². The Kier molecular flexibility index (Phi) is 5.08. The lowest BCUT2D eigenvalue weighted by Crippen LogP contribution is -2.38. The standard InChI is InChI=1S/C17H18ClF2N3/c18-17-10-14(3-6-21-17)22-13-4-7-23(8-5-13)11-12-1-2-15(19)16(20)9-12/h1-3,6,9-10,13H,4-5,7-8,11H2,(H,21,22). The minimum absolute atomic E-state index is 0.384. The zero-order valence-corrected chi connectivity index (χ0v) is 13.4. The van der Waals surface area contributed by atoms with E-state index >= 15 is 0 Å². The summed E-state index contributed by atoms with van der Waals surface area (Å²) in [6, 6.07) is 8.20. The van der Waals surface area contributed by atoms with Gasteiger partial charge in [0.1, 0.15) is 5.15 Å². The van der Waals surface area contributed by atoms with E-state index in [-0.39, 0.29) is 0 Å². The molecule has 3 nitrogen and oxygen atoms in total. The molecule has 1 fully saturated rings. The van der Waals surface area contributed by atoms with Gasteiger partial charge in [0.25, 0.3) is 0 Å². The van der Waals surface area contributed by atoms with Gasteiger partial charge in [0.2, 0.25) is 0 Å². The van der Waals surface area contributed by atoms with Crippen molar-refractivity contribution in [2.24, 2.45) is 0 Å². The molecule has 1 aromatic heterocycles. The number of hydrogen-bond donors (Lipinski definition) is 1. The van der Waals surface area contributed by atoms with E-state index in [9.17, 15) is 8.78 Å². The second kappa shape index (κ2) is 7.23. The third-order valence-corrected chi connectivity index (χ3v) is 4.28. The first-order chi connectivity index (χ1) is 11.1. The summed E-state index contributed by atoms with van der Waals surface area (Å²) in [4.78, 5) is 6.22. The van der Waals surface area contributed by atoms with E-state index in [2.05, 4.69) is 15.2 Å². The molecule has 1 N–H and O–H groups in total. The number of nitrogens with zero attached hydrogens (tertiary/aromatic N) is 2. The lowest BCUT2D eigenvalue weighted by atomic mass is 10.0. The van der Waals surface area contributed by atoms with Crippen molar-refractivity contribution in [1.82, 2.24) is 9.88 Å². The monoisotopic (exact) mass is 337 g/mol. The van der Waals surface area contributed by atoms with Crippen molar-refractivity contribution < 1.29 is 8.78 Å². The maximum absolute atomic E-state index is 13.3. The van der Waals surface area contributed by atoms with Gasteiger partial charge in [-0.25, -0.2) is 13.8 Å². The number of aromatic nitrogens is 1. The van der Waals surface area contributed by atoms with Crippen molar-refractivity contribution in [3.63, 3.8) is 0 Å². The number of halogens is 3. The smallest absolute Gasteiger partial charge is 0.159 e. The van der Waals surface area contributed by atoms with Crippen LogP contribution in [0.15, 0.2) is 36.5 Å². The summed E-state index contributed by atoms with van der Waals surface area (Å²) in [6.07, 6.45) is 3.66. The van der Waals surface area contributed by atoms with Gasteiger partial charge in [-0.05, 0) is 42.7 Å². The van der Waals surface area contributed by atoms with E-state index in [1.807, 2.05) is 12.1 Å². The molecule has 1 aliphatic heterocycles. The molecule has 23 heavy (non-hydrogen) atoms. The van der Waals surface area contributed by atoms with Gasteiger partial charge in [-0.1, -0.05) is 17.7 Å². The molecule has 0 saturated carbocycles. The fourth-order valence-corrected chi connectivity index (χ4v) is 3.03. The van der Waals surface area contributed by atoms with Gasteiger partial charge < -0.3 is 5.32 Å². The Bertz CT molecular complexity index is 673. The Morgan fingerprint density at radius 3 is 2.61 bits per heavy atom. The van der Waals surface area contributed by atoms with Crippen molar-refractivity contribution in [3.05, 3.63) is 58.9 Å². The van der Waals surface area contributed by atoms with Crippen molar-refractivity contribution >= 4 is 17.3 Å². The number of benzene rings is 1. The van der Waals surface area contributed by atoms with Crippen LogP contribution in [0.1, 0.15) is 18.4 Å². The van der Waals surface area contributed by atoms with Gasteiger partial charge in [-0.3, -0.25) is 4.90 Å². The second-order valence-corrected chi connectivity index (χ2v) is 6.20. The molecule has 0 spiro atoms. The predicted octanol–water partition coefficient (Wildman–Crippen LogP) is 4.09. The maximum Gasteiger partial charge on any atom is 0.159 e. The Labute approximate surface area is 139 Å². The highest BCUT2D eigenvalue weighted by Gasteiger charge is 2.19. The molecule has 1 aromatic carbocycles. The number of anilines is 1. The van der Waals surface area contributed by atoms with Crippen LogP contribution in [-0.4, -0.2) is 29.0 Å². The first-order valence-corrected chi connectivity index (χ1v) is 8.02. The van der Waals surface area contributed by atoms with Gasteiger partial charge >= 0.3 is 0 Å². The van der Waals surface area contributed by atoms with Gasteiger partial charge in [0.05, 0.1) is 0 Å². The molecule has 0 unspecified atom stereocenters. The SMILES string of the molecule is Fc1ccc(CN2CCC(Nc3ccnc(Cl)c3)CC2)cc1F. The summed E-state index contributed by atoms with van der Waals surface area (Å²) >= 11 is 5.88. The second-order valence-electron chi connectivity index (χ2n) is 5.81. The molecule has 2 aromatic rings. The third-order valence-electron chi connectivity index (χ3n) is 4.08. The number of rotatable bonds is 4. The van der Waals surface area contributed by atoms with E-state index < -0.39 is 11.6 Å². The van der Waals surface area contributed by atoms with Crippen molar-refractivity contribution in [1.29, 1.82) is 0 Å². The first kappa shape index (κ1) is 16.1. The van der Waals surface area contributed by atoms with Crippen LogP contribution in [0.3, 0.4) is 0 Å². The highest BCUT2D eigenvalue weighted by molar-refractivity contribution is 6.29. The van der Waals surface area contributed by atoms with Crippen molar-refractivity contribution in [2.75, 3.05) is 18.4 Å². The van der Waals surface area contributed by atoms with Crippen LogP contribution in [0.5, 0.6) is 0 Å². The minimum atomic E-state index is -0.798. The van der Waals surface area contributed by atoms with Crippen LogP contribution in [-0.2, 0) is 6.54 Å². The minimum Gasteiger partial charge on any atom is -0.382 e. The van der Waals surface area contributed by atoms with E-state index in [1.165, 1.54) is 12.1 Å². The fourth-order valence-electron chi connectivity index (χ4n) is 2.86. The lowest BCUT2D eigenvalue weighted by molar-refractivity contribution is 0.211. The zero-order chi connectivity index (χ0) is 16.2. The molecule has 3 rings (SSSR count). The average molecular weight is 338 g/mol. The molecule has 6 heteroatoms. The van der Waals surface area contributed by atoms with E-state index in [0.717, 1.165) is 37.2 Å². The average Bonchev–Trinajstić information content (AvgIpc) is 2.53. The van der Waals surface area contributed by atoms with Crippen LogP contribution in [0.2, 0.25) is 5.15 Å². The molecular formula is C17H18ClF2N3. The normalized spacial score (nSPS) is 16.5. The largest absolute Gasteiger partial charge is 0.382 e. The van der Waals surface area contributed by atoms with E-state index in [4.69, 9.17) is 11.6 Å². The molecule has 0 bridgehead atoms. The molecule has 0 amide bonds. The number of nitrogens with one attached hydrogen (secondary N) is 1. The van der Waals surface area contributed by atoms with E-state index in [0.29, 0.717) is 17.7 Å². The molecule has 0 aliphatic carbocycles. The van der Waals surface area contributed by atoms with Crippen LogP contribution >= 0.6 is 11.6 Å². The fraction of sp³-hybridized carbons (Fsp3) is 0.353. The molecule has 1 aliphatic rings. The summed E-state index contributed by atoms with van der Waals surface area (Å²) in [5.74, 6) is -1.58. The van der Waals surface area contributed by atoms with Crippen LogP contribution < -0.4 is 5.32 Å². The number of pyridine rings is 1. The quantitative estimate of drug-likeness (QED) is 0.852. The van der Waals surface area contributed by atoms with Gasteiger partial charge in [-0.15, -0.1) is 0 Å². The third kappa shape index (κ3) is 4.39. The molecule has 2 heterocycles. The van der Waals surface area contributed by atoms with Crippen molar-refractivity contribution in [3.8, 4) is 0 Å². The molecule has 1 saturated heterocycles. The summed E-state index contributed by atoms with van der Waals surface area (Å²) in [5.41, 5.74) is 1.78. The number of likely N-dealkylation sites (tertiary alicyclic amines) is 1. The zero-order valence-electron chi connectivity index (χ0n) is 12.6. The first-order valence-electron chi connectivity index (χ1n) is 7.64. The Morgan fingerprint density at radius 2 is 1.91 bits per heavy atom. The van der Waals surface area contributed by atoms with Crippen LogP contribution in [0.4, 0.5) is 14.5 Å². The Morgan fingerprint density at radius 1 is 1.13 bits per heavy atom. The summed E-state index contributed by atoms with van der Waals surface area (Å²) in [7, 11) is 0. The molecule has 122 valence electrons. The summed E-state index contributed by atoms with van der Waals surface area (Å²) in [6.45, 7) is 2.47. The molecule has 0 radical (unpaired) electrons. The highest BCUT2D eigenvalue weighted by Crippen LogP contribution is 2.20. The molecular weight excluding hydrogens is 320 g/mol. The predicted molar refractivity (Wildman–Crippen MR) is 87.5 cm³/mol. The summed E-state index contributed by atoms with van der Waals surface area (Å²) < 4.78 is 26.2. The molecule has 0 atom stereocenters. The highest BCUT2D eigenvalue weighted by atomic mass is 35.5. The number of hydrogen-bond acceptors (Lipinski definition) is 3. The Balaban J connectivity index is 1.51. The topological polar surface area (TPSA) is 28.2 Å². The lowest BCUT2D eigenvalue weighted by Gasteiger charge is -2.32. The van der Waals surface area contributed by atoms with Crippen LogP contribution in [0.25, 0.3) is 0 Å². The maximum atomic E-state index is 13.3. The summed E-state index contributed by atoms with van der Waals surface area (Å²) in [5, 5.41) is 3.94. The van der Waals surface area contributed by atoms with Crippen LogP contribution in [0, 0.1) is 11.6 Å². The van der Waals surface area contributed by atoms with Gasteiger partial charge in [0.15, 0.2) is 11.6 Å². The van der Waals surface area contributed by atoms with Gasteiger partial charge in [-0.2, -0.15) is 0 Å². The van der Waals surface area contributed by atoms with Crippen molar-refractivity contribution in [2.45, 2.75) is 25.4 Å².